The van der Waals surface area contributed by atoms with Crippen LogP contribution < -0.4 is 0 Å². The van der Waals surface area contributed by atoms with E-state index in [9.17, 15) is 13.2 Å². The number of fused-ring (bicyclic) bond motifs is 3. The number of hydrogen-bond acceptors (Lipinski definition) is 3. The molecule has 1 aromatic heterocycles. The van der Waals surface area contributed by atoms with E-state index in [0.29, 0.717) is 28.6 Å². The lowest BCUT2D eigenvalue weighted by Gasteiger charge is -2.16. The summed E-state index contributed by atoms with van der Waals surface area (Å²) in [5.74, 6) is 0.863. The fourth-order valence-corrected chi connectivity index (χ4v) is 3.16. The highest BCUT2D eigenvalue weighted by Crippen LogP contribution is 2.34. The number of alkyl halides is 4. The fraction of sp³-hybridized carbons (Fsp3) is 0.167. The molecule has 8 heteroatoms. The predicted molar refractivity (Wildman–Crippen MR) is 91.7 cm³/mol. The van der Waals surface area contributed by atoms with Crippen molar-refractivity contribution < 1.29 is 13.2 Å². The smallest absolute Gasteiger partial charge is 0.280 e. The SMILES string of the molecule is FC(F)(F)c1ccc2c(c1)-n1c(CCl)nnc1CN=C2c1ccccc1. The van der Waals surface area contributed by atoms with Gasteiger partial charge in [-0.05, 0) is 12.1 Å². The Morgan fingerprint density at radius 1 is 1.04 bits per heavy atom. The summed E-state index contributed by atoms with van der Waals surface area (Å²) in [7, 11) is 0. The van der Waals surface area contributed by atoms with Crippen molar-refractivity contribution in [3.63, 3.8) is 0 Å². The third-order valence-corrected chi connectivity index (χ3v) is 4.40. The van der Waals surface area contributed by atoms with E-state index in [4.69, 9.17) is 11.6 Å². The molecule has 0 aliphatic carbocycles. The molecule has 1 aliphatic rings. The Labute approximate surface area is 152 Å². The number of rotatable bonds is 2. The number of aliphatic imine (C=N–C) groups is 1. The van der Waals surface area contributed by atoms with Gasteiger partial charge in [0.1, 0.15) is 6.54 Å². The lowest BCUT2D eigenvalue weighted by atomic mass is 9.98. The van der Waals surface area contributed by atoms with Crippen LogP contribution in [0.4, 0.5) is 13.2 Å². The number of aromatic nitrogens is 3. The molecule has 0 spiro atoms. The summed E-state index contributed by atoms with van der Waals surface area (Å²) < 4.78 is 41.4. The molecule has 0 amide bonds. The third-order valence-electron chi connectivity index (χ3n) is 4.16. The topological polar surface area (TPSA) is 43.1 Å². The molecule has 3 aromatic rings. The molecular weight excluding hydrogens is 365 g/mol. The molecule has 0 bridgehead atoms. The molecule has 2 heterocycles. The summed E-state index contributed by atoms with van der Waals surface area (Å²) in [5, 5.41) is 8.02. The fourth-order valence-electron chi connectivity index (χ4n) is 2.99. The molecule has 1 aliphatic heterocycles. The number of halogens is 4. The van der Waals surface area contributed by atoms with Gasteiger partial charge < -0.3 is 0 Å². The van der Waals surface area contributed by atoms with Crippen LogP contribution in [0, 0.1) is 0 Å². The van der Waals surface area contributed by atoms with Gasteiger partial charge >= 0.3 is 6.18 Å². The van der Waals surface area contributed by atoms with Gasteiger partial charge in [0.25, 0.3) is 0 Å². The maximum absolute atomic E-state index is 13.3. The quantitative estimate of drug-likeness (QED) is 0.623. The Morgan fingerprint density at radius 3 is 2.50 bits per heavy atom. The molecule has 0 fully saturated rings. The van der Waals surface area contributed by atoms with Crippen molar-refractivity contribution in [2.24, 2.45) is 4.99 Å². The molecule has 132 valence electrons. The number of benzene rings is 2. The first-order valence-corrected chi connectivity index (χ1v) is 8.33. The maximum Gasteiger partial charge on any atom is 0.416 e. The molecule has 4 nitrogen and oxygen atoms in total. The van der Waals surface area contributed by atoms with Gasteiger partial charge in [0.2, 0.25) is 0 Å². The summed E-state index contributed by atoms with van der Waals surface area (Å²) in [6.45, 7) is 0.199. The van der Waals surface area contributed by atoms with E-state index in [1.807, 2.05) is 30.3 Å². The summed E-state index contributed by atoms with van der Waals surface area (Å²) >= 11 is 5.93. The molecule has 0 unspecified atom stereocenters. The van der Waals surface area contributed by atoms with E-state index < -0.39 is 11.7 Å². The number of nitrogens with zero attached hydrogens (tertiary/aromatic N) is 4. The van der Waals surface area contributed by atoms with Crippen molar-refractivity contribution in [3.05, 3.63) is 76.9 Å². The summed E-state index contributed by atoms with van der Waals surface area (Å²) in [6, 6.07) is 12.9. The van der Waals surface area contributed by atoms with Gasteiger partial charge in [0.15, 0.2) is 11.6 Å². The van der Waals surface area contributed by atoms with Crippen molar-refractivity contribution in [3.8, 4) is 5.69 Å². The largest absolute Gasteiger partial charge is 0.416 e. The van der Waals surface area contributed by atoms with E-state index >= 15 is 0 Å². The predicted octanol–water partition coefficient (Wildman–Crippen LogP) is 4.38. The Hall–Kier alpha value is -2.67. The van der Waals surface area contributed by atoms with Gasteiger partial charge in [-0.2, -0.15) is 13.2 Å². The van der Waals surface area contributed by atoms with Crippen molar-refractivity contribution in [2.75, 3.05) is 0 Å². The molecule has 2 aromatic carbocycles. The first kappa shape index (κ1) is 16.8. The zero-order valence-electron chi connectivity index (χ0n) is 13.3. The Morgan fingerprint density at radius 2 is 1.81 bits per heavy atom. The van der Waals surface area contributed by atoms with E-state index in [-0.39, 0.29) is 12.4 Å². The van der Waals surface area contributed by atoms with Crippen LogP contribution >= 0.6 is 11.6 Å². The average Bonchev–Trinajstić information content (AvgIpc) is 2.97. The van der Waals surface area contributed by atoms with E-state index in [1.54, 1.807) is 4.57 Å². The highest BCUT2D eigenvalue weighted by Gasteiger charge is 2.33. The van der Waals surface area contributed by atoms with Crippen LogP contribution in [0.5, 0.6) is 0 Å². The molecule has 0 saturated carbocycles. The van der Waals surface area contributed by atoms with Crippen molar-refractivity contribution in [2.45, 2.75) is 18.6 Å². The van der Waals surface area contributed by atoms with Crippen LogP contribution in [-0.4, -0.2) is 20.5 Å². The highest BCUT2D eigenvalue weighted by atomic mass is 35.5. The Balaban J connectivity index is 2.00. The number of hydrogen-bond donors (Lipinski definition) is 0. The maximum atomic E-state index is 13.3. The molecule has 0 atom stereocenters. The molecule has 0 N–H and O–H groups in total. The Kier molecular flexibility index (Phi) is 4.03. The zero-order valence-corrected chi connectivity index (χ0v) is 14.1. The lowest BCUT2D eigenvalue weighted by molar-refractivity contribution is -0.137. The monoisotopic (exact) mass is 376 g/mol. The average molecular weight is 377 g/mol. The van der Waals surface area contributed by atoms with E-state index in [0.717, 1.165) is 17.7 Å². The minimum absolute atomic E-state index is 0.0311. The van der Waals surface area contributed by atoms with Gasteiger partial charge in [-0.1, -0.05) is 36.4 Å². The molecule has 26 heavy (non-hydrogen) atoms. The molecule has 0 saturated heterocycles. The normalized spacial score (nSPS) is 13.6. The van der Waals surface area contributed by atoms with Crippen LogP contribution in [0.25, 0.3) is 5.69 Å². The summed E-state index contributed by atoms with van der Waals surface area (Å²) in [6.07, 6.45) is -4.46. The molecule has 0 radical (unpaired) electrons. The summed E-state index contributed by atoms with van der Waals surface area (Å²) in [4.78, 5) is 4.58. The second-order valence-electron chi connectivity index (χ2n) is 5.76. The molecule has 4 rings (SSSR count). The minimum Gasteiger partial charge on any atom is -0.280 e. The first-order valence-electron chi connectivity index (χ1n) is 7.80. The van der Waals surface area contributed by atoms with Gasteiger partial charge in [-0.15, -0.1) is 21.8 Å². The van der Waals surface area contributed by atoms with Crippen LogP contribution in [0.3, 0.4) is 0 Å². The standard InChI is InChI=1S/C18H12ClF3N4/c19-9-15-24-25-16-10-23-17(11-4-2-1-3-5-11)13-7-6-12(18(20,21)22)8-14(13)26(15)16/h1-8H,9-10H2. The van der Waals surface area contributed by atoms with Crippen molar-refractivity contribution >= 4 is 17.3 Å². The van der Waals surface area contributed by atoms with Crippen LogP contribution in [0.15, 0.2) is 53.5 Å². The zero-order chi connectivity index (χ0) is 18.3. The van der Waals surface area contributed by atoms with Crippen LogP contribution in [0.2, 0.25) is 0 Å². The van der Waals surface area contributed by atoms with Gasteiger partial charge in [0.05, 0.1) is 22.8 Å². The molecular formula is C18H12ClF3N4. The Bertz CT molecular complexity index is 993. The van der Waals surface area contributed by atoms with E-state index in [2.05, 4.69) is 15.2 Å². The second-order valence-corrected chi connectivity index (χ2v) is 6.03. The highest BCUT2D eigenvalue weighted by molar-refractivity contribution is 6.17. The van der Waals surface area contributed by atoms with E-state index in [1.165, 1.54) is 6.07 Å². The third kappa shape index (κ3) is 2.78. The second kappa shape index (κ2) is 6.25. The van der Waals surface area contributed by atoms with Crippen molar-refractivity contribution in [1.82, 2.24) is 14.8 Å². The minimum atomic E-state index is -4.46. The van der Waals surface area contributed by atoms with Gasteiger partial charge in [0, 0.05) is 11.1 Å². The summed E-state index contributed by atoms with van der Waals surface area (Å²) in [5.41, 5.74) is 1.59. The van der Waals surface area contributed by atoms with Gasteiger partial charge in [-0.25, -0.2) is 0 Å². The first-order chi connectivity index (χ1) is 12.5. The van der Waals surface area contributed by atoms with Crippen LogP contribution in [-0.2, 0) is 18.6 Å². The van der Waals surface area contributed by atoms with Crippen molar-refractivity contribution in [1.29, 1.82) is 0 Å². The van der Waals surface area contributed by atoms with Gasteiger partial charge in [-0.3, -0.25) is 9.56 Å². The van der Waals surface area contributed by atoms with Crippen LogP contribution in [0.1, 0.15) is 28.3 Å². The lowest BCUT2D eigenvalue weighted by Crippen LogP contribution is -2.12.